The highest BCUT2D eigenvalue weighted by atomic mass is 16.6. The summed E-state index contributed by atoms with van der Waals surface area (Å²) >= 11 is 0. The predicted molar refractivity (Wildman–Crippen MR) is 83.6 cm³/mol. The van der Waals surface area contributed by atoms with Crippen molar-refractivity contribution in [3.63, 3.8) is 0 Å². The number of methoxy groups -OCH3 is 1. The molecular formula is C18H19NO4. The van der Waals surface area contributed by atoms with E-state index in [0.29, 0.717) is 17.9 Å². The third-order valence-electron chi connectivity index (χ3n) is 5.33. The summed E-state index contributed by atoms with van der Waals surface area (Å²) in [4.78, 5) is 25.5. The Morgan fingerprint density at radius 1 is 1.35 bits per heavy atom. The Hall–Kier alpha value is -2.14. The lowest BCUT2D eigenvalue weighted by atomic mass is 9.67. The molecule has 2 heterocycles. The van der Waals surface area contributed by atoms with Gasteiger partial charge in [0.2, 0.25) is 0 Å². The molecule has 2 aliphatic heterocycles. The third-order valence-corrected chi connectivity index (χ3v) is 5.33. The molecule has 0 radical (unpaired) electrons. The SMILES string of the molecule is COc1cc2c(cc1OC(C)=O)CN1CC[C@@]23C=CC(=O)C[C@H]13. The monoisotopic (exact) mass is 313 g/mol. The van der Waals surface area contributed by atoms with Gasteiger partial charge in [0.25, 0.3) is 0 Å². The first-order chi connectivity index (χ1) is 11.0. The summed E-state index contributed by atoms with van der Waals surface area (Å²) in [6.45, 7) is 3.14. The molecule has 120 valence electrons. The maximum Gasteiger partial charge on any atom is 0.308 e. The van der Waals surface area contributed by atoms with Crippen LogP contribution in [0.25, 0.3) is 0 Å². The number of fused-ring (bicyclic) bond motifs is 1. The van der Waals surface area contributed by atoms with Gasteiger partial charge < -0.3 is 9.47 Å². The Bertz CT molecular complexity index is 739. The highest BCUT2D eigenvalue weighted by Gasteiger charge is 2.53. The molecule has 5 heteroatoms. The summed E-state index contributed by atoms with van der Waals surface area (Å²) < 4.78 is 10.7. The van der Waals surface area contributed by atoms with Crippen LogP contribution >= 0.6 is 0 Å². The van der Waals surface area contributed by atoms with E-state index >= 15 is 0 Å². The van der Waals surface area contributed by atoms with Crippen LogP contribution in [0.4, 0.5) is 0 Å². The zero-order valence-corrected chi connectivity index (χ0v) is 13.3. The van der Waals surface area contributed by atoms with E-state index in [4.69, 9.17) is 9.47 Å². The number of hydrogen-bond acceptors (Lipinski definition) is 5. The lowest BCUT2D eigenvalue weighted by molar-refractivity contribution is -0.132. The molecule has 3 atom stereocenters. The Morgan fingerprint density at radius 3 is 2.91 bits per heavy atom. The zero-order chi connectivity index (χ0) is 16.2. The van der Waals surface area contributed by atoms with Gasteiger partial charge in [0.15, 0.2) is 17.3 Å². The van der Waals surface area contributed by atoms with E-state index in [9.17, 15) is 9.59 Å². The number of nitrogens with zero attached hydrogens (tertiary/aromatic N) is 1. The Kier molecular flexibility index (Phi) is 3.10. The molecule has 5 nitrogen and oxygen atoms in total. The molecule has 0 N–H and O–H groups in total. The molecule has 1 aliphatic carbocycles. The average Bonchev–Trinajstić information content (AvgIpc) is 2.78. The number of hydrogen-bond donors (Lipinski definition) is 0. The molecule has 2 bridgehead atoms. The summed E-state index contributed by atoms with van der Waals surface area (Å²) in [6, 6.07) is 4.14. The van der Waals surface area contributed by atoms with E-state index < -0.39 is 0 Å². The number of ketones is 1. The van der Waals surface area contributed by atoms with Gasteiger partial charge >= 0.3 is 5.97 Å². The first-order valence-electron chi connectivity index (χ1n) is 7.89. The summed E-state index contributed by atoms with van der Waals surface area (Å²) in [7, 11) is 1.58. The van der Waals surface area contributed by atoms with E-state index in [1.807, 2.05) is 12.1 Å². The van der Waals surface area contributed by atoms with Crippen LogP contribution in [0.1, 0.15) is 30.9 Å². The lowest BCUT2D eigenvalue weighted by Crippen LogP contribution is -2.48. The summed E-state index contributed by atoms with van der Waals surface area (Å²) in [5.41, 5.74) is 2.23. The van der Waals surface area contributed by atoms with Crippen molar-refractivity contribution in [1.82, 2.24) is 4.90 Å². The number of esters is 1. The molecular weight excluding hydrogens is 294 g/mol. The van der Waals surface area contributed by atoms with Gasteiger partial charge in [-0.2, -0.15) is 0 Å². The summed E-state index contributed by atoms with van der Waals surface area (Å²) in [5, 5.41) is 0. The highest BCUT2D eigenvalue weighted by Crippen LogP contribution is 2.52. The van der Waals surface area contributed by atoms with Crippen molar-refractivity contribution in [1.29, 1.82) is 0 Å². The minimum Gasteiger partial charge on any atom is -0.493 e. The van der Waals surface area contributed by atoms with E-state index in [2.05, 4.69) is 11.0 Å². The standard InChI is InChI=1S/C18H19NO4/c1-11(20)23-16-7-12-10-19-6-5-18(14(12)9-15(16)22-2)4-3-13(21)8-17(18)19/h3-4,7,9,17H,5-6,8,10H2,1-2H3/t17-,18-/m0/s1. The maximum atomic E-state index is 11.8. The first kappa shape index (κ1) is 14.5. The van der Waals surface area contributed by atoms with Gasteiger partial charge in [-0.05, 0) is 35.8 Å². The van der Waals surface area contributed by atoms with Crippen molar-refractivity contribution in [2.45, 2.75) is 37.8 Å². The fraction of sp³-hybridized carbons (Fsp3) is 0.444. The molecule has 1 fully saturated rings. The second-order valence-corrected chi connectivity index (χ2v) is 6.53. The van der Waals surface area contributed by atoms with Crippen molar-refractivity contribution >= 4 is 11.8 Å². The largest absolute Gasteiger partial charge is 0.493 e. The molecule has 0 aromatic heterocycles. The summed E-state index contributed by atoms with van der Waals surface area (Å²) in [6.07, 6.45) is 5.38. The van der Waals surface area contributed by atoms with Crippen molar-refractivity contribution in [3.8, 4) is 11.5 Å². The average molecular weight is 313 g/mol. The number of rotatable bonds is 2. The van der Waals surface area contributed by atoms with Gasteiger partial charge in [0.05, 0.1) is 7.11 Å². The Labute approximate surface area is 134 Å². The lowest BCUT2D eigenvalue weighted by Gasteiger charge is -2.44. The summed E-state index contributed by atoms with van der Waals surface area (Å²) in [5.74, 6) is 0.869. The van der Waals surface area contributed by atoms with Gasteiger partial charge in [-0.15, -0.1) is 0 Å². The number of allylic oxidation sites excluding steroid dienone is 1. The molecule has 4 rings (SSSR count). The molecule has 1 aromatic carbocycles. The first-order valence-corrected chi connectivity index (χ1v) is 7.89. The molecule has 0 spiro atoms. The minimum absolute atomic E-state index is 0.122. The molecule has 1 saturated heterocycles. The fourth-order valence-corrected chi connectivity index (χ4v) is 4.36. The number of benzene rings is 1. The van der Waals surface area contributed by atoms with Gasteiger partial charge in [-0.25, -0.2) is 0 Å². The van der Waals surface area contributed by atoms with Crippen LogP contribution in [0.2, 0.25) is 0 Å². The Balaban J connectivity index is 1.87. The normalized spacial score (nSPS) is 30.6. The zero-order valence-electron chi connectivity index (χ0n) is 13.3. The van der Waals surface area contributed by atoms with Crippen LogP contribution in [0.5, 0.6) is 11.5 Å². The topological polar surface area (TPSA) is 55.8 Å². The number of carbonyl (C=O) groups excluding carboxylic acids is 2. The van der Waals surface area contributed by atoms with Crippen LogP contribution in [0.15, 0.2) is 24.3 Å². The van der Waals surface area contributed by atoms with Crippen LogP contribution in [0, 0.1) is 0 Å². The smallest absolute Gasteiger partial charge is 0.308 e. The van der Waals surface area contributed by atoms with Crippen LogP contribution in [0.3, 0.4) is 0 Å². The van der Waals surface area contributed by atoms with E-state index in [1.54, 1.807) is 13.2 Å². The van der Waals surface area contributed by atoms with Crippen molar-refractivity contribution in [3.05, 3.63) is 35.4 Å². The van der Waals surface area contributed by atoms with Gasteiger partial charge in [0.1, 0.15) is 0 Å². The molecule has 3 aliphatic rings. The predicted octanol–water partition coefficient (Wildman–Crippen LogP) is 1.98. The van der Waals surface area contributed by atoms with Crippen molar-refractivity contribution in [2.24, 2.45) is 0 Å². The van der Waals surface area contributed by atoms with Crippen LogP contribution in [-0.2, 0) is 21.5 Å². The van der Waals surface area contributed by atoms with Crippen LogP contribution < -0.4 is 9.47 Å². The highest BCUT2D eigenvalue weighted by molar-refractivity contribution is 5.92. The molecule has 1 unspecified atom stereocenters. The maximum absolute atomic E-state index is 11.8. The minimum atomic E-state index is -0.360. The van der Waals surface area contributed by atoms with Gasteiger partial charge in [0, 0.05) is 37.9 Å². The van der Waals surface area contributed by atoms with E-state index in [-0.39, 0.29) is 23.2 Å². The quantitative estimate of drug-likeness (QED) is 0.617. The van der Waals surface area contributed by atoms with E-state index in [0.717, 1.165) is 25.1 Å². The second kappa shape index (κ2) is 4.93. The number of carbonyl (C=O) groups is 2. The van der Waals surface area contributed by atoms with Crippen molar-refractivity contribution in [2.75, 3.05) is 13.7 Å². The van der Waals surface area contributed by atoms with Gasteiger partial charge in [-0.3, -0.25) is 14.5 Å². The molecule has 23 heavy (non-hydrogen) atoms. The molecule has 1 aromatic rings. The molecule has 0 saturated carbocycles. The van der Waals surface area contributed by atoms with E-state index in [1.165, 1.54) is 12.5 Å². The van der Waals surface area contributed by atoms with Crippen LogP contribution in [-0.4, -0.2) is 36.3 Å². The number of ether oxygens (including phenoxy) is 2. The molecule has 0 amide bonds. The van der Waals surface area contributed by atoms with Gasteiger partial charge in [-0.1, -0.05) is 6.08 Å². The second-order valence-electron chi connectivity index (χ2n) is 6.53. The third kappa shape index (κ3) is 2.03. The van der Waals surface area contributed by atoms with Crippen molar-refractivity contribution < 1.29 is 19.1 Å². The Morgan fingerprint density at radius 2 is 2.17 bits per heavy atom. The fourth-order valence-electron chi connectivity index (χ4n) is 4.36.